The molecule has 2 aliphatic carbocycles. The SMILES string of the molecule is Cc1c2c(c3c4c(cccc14)CC3)Oc1cc(C3CCC(C)(C)CC3)cc3cc[n+](C)c-2c13. The molecule has 1 aliphatic heterocycles. The van der Waals surface area contributed by atoms with Crippen LogP contribution >= 0.6 is 0 Å². The second-order valence-corrected chi connectivity index (χ2v) is 11.4. The van der Waals surface area contributed by atoms with E-state index in [9.17, 15) is 0 Å². The highest BCUT2D eigenvalue weighted by Crippen LogP contribution is 2.53. The summed E-state index contributed by atoms with van der Waals surface area (Å²) >= 11 is 0. The second kappa shape index (κ2) is 6.59. The van der Waals surface area contributed by atoms with Crippen molar-refractivity contribution in [1.29, 1.82) is 0 Å². The standard InChI is InChI=1S/C31H32NO/c1-18-23-7-5-6-20-8-9-24(27(20)23)30-26(18)29-28-21(12-15-32(29)4)16-22(17-25(28)33-30)19-10-13-31(2,3)14-11-19/h5-7,12,15-17,19H,8-11,13-14H2,1-4H3/q+1. The van der Waals surface area contributed by atoms with E-state index in [-0.39, 0.29) is 0 Å². The molecule has 4 aromatic rings. The van der Waals surface area contributed by atoms with Gasteiger partial charge < -0.3 is 4.74 Å². The molecule has 166 valence electrons. The topological polar surface area (TPSA) is 13.1 Å². The Morgan fingerprint density at radius 1 is 1.00 bits per heavy atom. The molecule has 7 rings (SSSR count). The molecular formula is C31H32NO+. The van der Waals surface area contributed by atoms with Gasteiger partial charge in [0.25, 0.3) is 0 Å². The highest BCUT2D eigenvalue weighted by molar-refractivity contribution is 6.07. The molecule has 0 spiro atoms. The Hall–Kier alpha value is -2.87. The van der Waals surface area contributed by atoms with Crippen LogP contribution in [0.5, 0.6) is 11.5 Å². The van der Waals surface area contributed by atoms with Gasteiger partial charge in [0.05, 0.1) is 10.9 Å². The summed E-state index contributed by atoms with van der Waals surface area (Å²) in [7, 11) is 2.18. The largest absolute Gasteiger partial charge is 0.455 e. The molecule has 0 saturated heterocycles. The zero-order chi connectivity index (χ0) is 22.5. The summed E-state index contributed by atoms with van der Waals surface area (Å²) in [5.74, 6) is 2.81. The molecule has 0 atom stereocenters. The molecular weight excluding hydrogens is 402 g/mol. The van der Waals surface area contributed by atoms with E-state index in [0.717, 1.165) is 24.3 Å². The van der Waals surface area contributed by atoms with Gasteiger partial charge in [0.15, 0.2) is 6.20 Å². The fourth-order valence-corrected chi connectivity index (χ4v) is 6.89. The second-order valence-electron chi connectivity index (χ2n) is 11.4. The van der Waals surface area contributed by atoms with Gasteiger partial charge in [-0.25, -0.2) is 4.57 Å². The van der Waals surface area contributed by atoms with Gasteiger partial charge in [0.2, 0.25) is 5.69 Å². The Morgan fingerprint density at radius 3 is 2.64 bits per heavy atom. The van der Waals surface area contributed by atoms with E-state index >= 15 is 0 Å². The maximum absolute atomic E-state index is 6.91. The third kappa shape index (κ3) is 2.70. The lowest BCUT2D eigenvalue weighted by Crippen LogP contribution is -2.32. The molecule has 2 heterocycles. The van der Waals surface area contributed by atoms with Crippen molar-refractivity contribution in [1.82, 2.24) is 0 Å². The smallest absolute Gasteiger partial charge is 0.228 e. The molecule has 0 unspecified atom stereocenters. The minimum absolute atomic E-state index is 0.485. The summed E-state index contributed by atoms with van der Waals surface area (Å²) in [6, 6.07) is 13.9. The van der Waals surface area contributed by atoms with Crippen LogP contribution in [0.3, 0.4) is 0 Å². The molecule has 1 saturated carbocycles. The summed E-state index contributed by atoms with van der Waals surface area (Å²) in [4.78, 5) is 0. The molecule has 33 heavy (non-hydrogen) atoms. The first-order valence-electron chi connectivity index (χ1n) is 12.6. The minimum atomic E-state index is 0.485. The third-order valence-electron chi connectivity index (χ3n) is 8.86. The lowest BCUT2D eigenvalue weighted by atomic mass is 9.71. The van der Waals surface area contributed by atoms with Crippen LogP contribution in [0, 0.1) is 12.3 Å². The molecule has 3 aliphatic rings. The number of hydrogen-bond acceptors (Lipinski definition) is 1. The van der Waals surface area contributed by atoms with Crippen molar-refractivity contribution in [3.05, 3.63) is 64.8 Å². The van der Waals surface area contributed by atoms with Gasteiger partial charge in [-0.15, -0.1) is 0 Å². The normalized spacial score (nSPS) is 18.5. The van der Waals surface area contributed by atoms with Crippen LogP contribution in [0.4, 0.5) is 0 Å². The predicted octanol–water partition coefficient (Wildman–Crippen LogP) is 7.68. The van der Waals surface area contributed by atoms with Crippen LogP contribution in [0.1, 0.15) is 67.7 Å². The van der Waals surface area contributed by atoms with Crippen molar-refractivity contribution in [3.63, 3.8) is 0 Å². The summed E-state index contributed by atoms with van der Waals surface area (Å²) in [6.45, 7) is 7.12. The van der Waals surface area contributed by atoms with E-state index in [1.807, 2.05) is 0 Å². The summed E-state index contributed by atoms with van der Waals surface area (Å²) < 4.78 is 9.21. The number of pyridine rings is 1. The molecule has 1 fully saturated rings. The van der Waals surface area contributed by atoms with Gasteiger partial charge in [-0.2, -0.15) is 0 Å². The molecule has 0 bridgehead atoms. The van der Waals surface area contributed by atoms with Crippen molar-refractivity contribution >= 4 is 21.5 Å². The van der Waals surface area contributed by atoms with Crippen molar-refractivity contribution in [2.75, 3.05) is 0 Å². The van der Waals surface area contributed by atoms with Crippen LogP contribution < -0.4 is 9.30 Å². The number of rotatable bonds is 1. The van der Waals surface area contributed by atoms with Crippen LogP contribution in [0.15, 0.2) is 42.6 Å². The predicted molar refractivity (Wildman–Crippen MR) is 135 cm³/mol. The first kappa shape index (κ1) is 19.6. The van der Waals surface area contributed by atoms with Crippen LogP contribution in [0.2, 0.25) is 0 Å². The van der Waals surface area contributed by atoms with Crippen LogP contribution in [0.25, 0.3) is 32.8 Å². The molecule has 2 heteroatoms. The highest BCUT2D eigenvalue weighted by Gasteiger charge is 2.35. The van der Waals surface area contributed by atoms with Crippen molar-refractivity contribution in [3.8, 4) is 22.8 Å². The van der Waals surface area contributed by atoms with Crippen molar-refractivity contribution in [2.45, 2.75) is 65.2 Å². The van der Waals surface area contributed by atoms with Crippen molar-refractivity contribution in [2.24, 2.45) is 12.5 Å². The summed E-state index contributed by atoms with van der Waals surface area (Å²) in [6.07, 6.45) is 9.60. The first-order chi connectivity index (χ1) is 15.9. The van der Waals surface area contributed by atoms with Gasteiger partial charge >= 0.3 is 0 Å². The maximum Gasteiger partial charge on any atom is 0.228 e. The Kier molecular flexibility index (Phi) is 3.91. The van der Waals surface area contributed by atoms with Crippen molar-refractivity contribution < 1.29 is 9.30 Å². The van der Waals surface area contributed by atoms with Gasteiger partial charge in [-0.1, -0.05) is 38.1 Å². The highest BCUT2D eigenvalue weighted by atomic mass is 16.5. The fraction of sp³-hybridized carbons (Fsp3) is 0.387. The number of aromatic nitrogens is 1. The molecule has 0 radical (unpaired) electrons. The Balaban J connectivity index is 1.48. The first-order valence-corrected chi connectivity index (χ1v) is 12.6. The molecule has 3 aromatic carbocycles. The summed E-state index contributed by atoms with van der Waals surface area (Å²) in [5.41, 5.74) is 8.79. The van der Waals surface area contributed by atoms with E-state index < -0.39 is 0 Å². The quantitative estimate of drug-likeness (QED) is 0.247. The number of hydrogen-bond donors (Lipinski definition) is 0. The lowest BCUT2D eigenvalue weighted by Gasteiger charge is -2.35. The van der Waals surface area contributed by atoms with Gasteiger partial charge in [0.1, 0.15) is 18.5 Å². The van der Waals surface area contributed by atoms with Crippen LogP contribution in [-0.2, 0) is 19.9 Å². The average molecular weight is 435 g/mol. The number of nitrogens with zero attached hydrogens (tertiary/aromatic N) is 1. The Bertz CT molecular complexity index is 1480. The third-order valence-corrected chi connectivity index (χ3v) is 8.86. The number of ether oxygens (including phenoxy) is 1. The molecule has 2 nitrogen and oxygen atoms in total. The monoisotopic (exact) mass is 434 g/mol. The Labute approximate surface area is 196 Å². The van der Waals surface area contributed by atoms with Gasteiger partial charge in [-0.3, -0.25) is 0 Å². The molecule has 0 N–H and O–H groups in total. The number of fused-ring (bicyclic) bond motifs is 3. The van der Waals surface area contributed by atoms with Crippen LogP contribution in [-0.4, -0.2) is 0 Å². The van der Waals surface area contributed by atoms with E-state index in [2.05, 4.69) is 75.0 Å². The summed E-state index contributed by atoms with van der Waals surface area (Å²) in [5, 5.41) is 5.42. The Morgan fingerprint density at radius 2 is 1.82 bits per heavy atom. The van der Waals surface area contributed by atoms with E-state index in [1.54, 1.807) is 0 Å². The number of benzene rings is 3. The van der Waals surface area contributed by atoms with Gasteiger partial charge in [-0.05, 0) is 95.7 Å². The van der Waals surface area contributed by atoms with E-state index in [4.69, 9.17) is 4.74 Å². The molecule has 0 amide bonds. The zero-order valence-corrected chi connectivity index (χ0v) is 20.2. The maximum atomic E-state index is 6.91. The number of aryl methyl sites for hydroxylation is 4. The average Bonchev–Trinajstić information content (AvgIpc) is 3.24. The van der Waals surface area contributed by atoms with Gasteiger partial charge in [0, 0.05) is 11.6 Å². The zero-order valence-electron chi connectivity index (χ0n) is 20.2. The molecule has 1 aromatic heterocycles. The van der Waals surface area contributed by atoms with E-state index in [0.29, 0.717) is 11.3 Å². The lowest BCUT2D eigenvalue weighted by molar-refractivity contribution is -0.659. The van der Waals surface area contributed by atoms with E-state index in [1.165, 1.54) is 80.7 Å². The minimum Gasteiger partial charge on any atom is -0.455 e. The fourth-order valence-electron chi connectivity index (χ4n) is 6.89.